The van der Waals surface area contributed by atoms with E-state index in [1.807, 2.05) is 27.7 Å². The zero-order chi connectivity index (χ0) is 21.6. The van der Waals surface area contributed by atoms with E-state index in [1.165, 1.54) is 21.1 Å². The van der Waals surface area contributed by atoms with Gasteiger partial charge in [0.2, 0.25) is 5.91 Å². The number of anilines is 1. The zero-order valence-corrected chi connectivity index (χ0v) is 18.9. The third kappa shape index (κ3) is 8.98. The Labute approximate surface area is 165 Å². The van der Waals surface area contributed by atoms with E-state index in [-0.39, 0.29) is 11.9 Å². The van der Waals surface area contributed by atoms with Gasteiger partial charge in [-0.3, -0.25) is 14.3 Å². The van der Waals surface area contributed by atoms with Crippen LogP contribution in [0.4, 0.5) is 10.5 Å². The molecule has 2 atom stereocenters. The molecule has 0 saturated heterocycles. The molecule has 0 fully saturated rings. The number of nitrogens with zero attached hydrogens (tertiary/aromatic N) is 2. The van der Waals surface area contributed by atoms with E-state index in [0.717, 1.165) is 10.5 Å². The Kier molecular flexibility index (Phi) is 15.2. The molecule has 0 spiro atoms. The maximum atomic E-state index is 11.8. The van der Waals surface area contributed by atoms with E-state index < -0.39 is 12.1 Å². The molecule has 0 saturated carbocycles. The molecule has 0 heterocycles. The van der Waals surface area contributed by atoms with Crippen LogP contribution >= 0.6 is 9.39 Å². The Morgan fingerprint density at radius 1 is 1.11 bits per heavy atom. The summed E-state index contributed by atoms with van der Waals surface area (Å²) in [6.45, 7) is 9.32. The van der Waals surface area contributed by atoms with Gasteiger partial charge < -0.3 is 10.1 Å². The van der Waals surface area contributed by atoms with Gasteiger partial charge in [-0.2, -0.15) is 0 Å². The number of nitrogens with one attached hydrogen (secondary N) is 1. The lowest BCUT2D eigenvalue weighted by atomic mass is 10.1. The number of carbonyl (C=O) groups excluding carboxylic acids is 3. The number of methoxy groups -OCH3 is 1. The Morgan fingerprint density at radius 2 is 1.59 bits per heavy atom. The van der Waals surface area contributed by atoms with Crippen molar-refractivity contribution in [3.8, 4) is 0 Å². The van der Waals surface area contributed by atoms with Gasteiger partial charge in [0.05, 0.1) is 12.8 Å². The third-order valence-electron chi connectivity index (χ3n) is 3.32. The van der Waals surface area contributed by atoms with Gasteiger partial charge in [0.25, 0.3) is 0 Å². The number of rotatable bonds is 5. The van der Waals surface area contributed by atoms with Gasteiger partial charge >= 0.3 is 12.0 Å². The first kappa shape index (κ1) is 27.2. The fourth-order valence-corrected chi connectivity index (χ4v) is 2.31. The van der Waals surface area contributed by atoms with Crippen molar-refractivity contribution >= 4 is 33.0 Å². The van der Waals surface area contributed by atoms with Crippen molar-refractivity contribution < 1.29 is 19.1 Å². The van der Waals surface area contributed by atoms with Crippen LogP contribution in [0, 0.1) is 0 Å². The third-order valence-corrected chi connectivity index (χ3v) is 3.68. The molecule has 1 aromatic carbocycles. The van der Waals surface area contributed by atoms with Crippen LogP contribution in [-0.2, 0) is 20.7 Å². The molecule has 1 unspecified atom stereocenters. The van der Waals surface area contributed by atoms with Gasteiger partial charge in [-0.1, -0.05) is 49.2 Å². The minimum Gasteiger partial charge on any atom is -0.468 e. The molecule has 0 aromatic heterocycles. The summed E-state index contributed by atoms with van der Waals surface area (Å²) in [6, 6.07) is 5.96. The highest BCUT2D eigenvalue weighted by molar-refractivity contribution is 7.13. The van der Waals surface area contributed by atoms with Crippen molar-refractivity contribution in [3.63, 3.8) is 0 Å². The lowest BCUT2D eigenvalue weighted by Gasteiger charge is -2.22. The van der Waals surface area contributed by atoms with Gasteiger partial charge in [-0.25, -0.2) is 9.69 Å². The quantitative estimate of drug-likeness (QED) is 0.607. The van der Waals surface area contributed by atoms with E-state index >= 15 is 0 Å². The highest BCUT2D eigenvalue weighted by Gasteiger charge is 2.23. The average molecular weight is 399 g/mol. The zero-order valence-electron chi connectivity index (χ0n) is 17.7. The number of carbonyl (C=O) groups is 3. The standard InChI is InChI=1S/C15H22N3O4P.2C2H6/c1-10(19)18(15(21)16-2)12-7-5-11(6-8-12)9-13(17(3)23)14(20)22-4;2*1-2/h5-8,13H,9,23H2,1-4H3,(H,16,21);2*1-2H3/t13-;;/m0../s1. The minimum atomic E-state index is -0.498. The number of hydrogen-bond acceptors (Lipinski definition) is 5. The maximum absolute atomic E-state index is 11.8. The molecule has 1 N–H and O–H groups in total. The summed E-state index contributed by atoms with van der Waals surface area (Å²) in [5.74, 6) is -0.712. The topological polar surface area (TPSA) is 79.0 Å². The van der Waals surface area contributed by atoms with Gasteiger partial charge in [0, 0.05) is 14.0 Å². The summed E-state index contributed by atoms with van der Waals surface area (Å²) >= 11 is 0. The van der Waals surface area contributed by atoms with Crippen LogP contribution in [0.1, 0.15) is 40.2 Å². The molecule has 0 bridgehead atoms. The molecule has 0 radical (unpaired) electrons. The fraction of sp³-hybridized carbons (Fsp3) is 0.526. The fourth-order valence-electron chi connectivity index (χ4n) is 2.09. The lowest BCUT2D eigenvalue weighted by molar-refractivity contribution is -0.144. The maximum Gasteiger partial charge on any atom is 0.328 e. The highest BCUT2D eigenvalue weighted by Crippen LogP contribution is 2.18. The van der Waals surface area contributed by atoms with Crippen LogP contribution in [0.5, 0.6) is 0 Å². The van der Waals surface area contributed by atoms with Crippen molar-refractivity contribution in [1.82, 2.24) is 9.99 Å². The van der Waals surface area contributed by atoms with Crippen molar-refractivity contribution in [2.24, 2.45) is 0 Å². The SMILES string of the molecule is CC.CC.CNC(=O)N(C(C)=O)c1ccc(C[C@@H](C(=O)OC)N(C)P)cc1. The van der Waals surface area contributed by atoms with Crippen molar-refractivity contribution in [3.05, 3.63) is 29.8 Å². The predicted octanol–water partition coefficient (Wildman–Crippen LogP) is 3.24. The monoisotopic (exact) mass is 399 g/mol. The van der Waals surface area contributed by atoms with Crippen LogP contribution in [-0.4, -0.2) is 49.8 Å². The Balaban J connectivity index is 0. The number of benzene rings is 1. The second kappa shape index (κ2) is 15.1. The number of amides is 3. The predicted molar refractivity (Wildman–Crippen MR) is 114 cm³/mol. The number of urea groups is 1. The molecule has 27 heavy (non-hydrogen) atoms. The van der Waals surface area contributed by atoms with Crippen LogP contribution in [0.2, 0.25) is 0 Å². The lowest BCUT2D eigenvalue weighted by Crippen LogP contribution is -2.41. The largest absolute Gasteiger partial charge is 0.468 e. The van der Waals surface area contributed by atoms with Gasteiger partial charge in [0.1, 0.15) is 6.04 Å². The second-order valence-electron chi connectivity index (χ2n) is 4.98. The molecule has 1 aromatic rings. The van der Waals surface area contributed by atoms with Crippen molar-refractivity contribution in [1.29, 1.82) is 0 Å². The van der Waals surface area contributed by atoms with Crippen LogP contribution in [0.25, 0.3) is 0 Å². The Bertz CT molecular complexity index is 577. The number of esters is 1. The smallest absolute Gasteiger partial charge is 0.328 e. The molecule has 3 amide bonds. The first-order valence-corrected chi connectivity index (χ1v) is 9.50. The molecule has 7 nitrogen and oxygen atoms in total. The highest BCUT2D eigenvalue weighted by atomic mass is 31.0. The van der Waals surface area contributed by atoms with Crippen LogP contribution in [0.15, 0.2) is 24.3 Å². The van der Waals surface area contributed by atoms with Gasteiger partial charge in [-0.05, 0) is 31.2 Å². The summed E-state index contributed by atoms with van der Waals surface area (Å²) in [5.41, 5.74) is 1.35. The van der Waals surface area contributed by atoms with Crippen molar-refractivity contribution in [2.75, 3.05) is 26.1 Å². The van der Waals surface area contributed by atoms with Gasteiger partial charge in [-0.15, -0.1) is 0 Å². The summed E-state index contributed by atoms with van der Waals surface area (Å²) in [6.07, 6.45) is 0.451. The molecule has 8 heteroatoms. The molecular weight excluding hydrogens is 365 g/mol. The molecule has 0 aliphatic heterocycles. The molecule has 0 aliphatic carbocycles. The number of ether oxygens (including phenoxy) is 1. The van der Waals surface area contributed by atoms with E-state index in [4.69, 9.17) is 4.74 Å². The second-order valence-corrected chi connectivity index (χ2v) is 5.80. The Morgan fingerprint density at radius 3 is 1.93 bits per heavy atom. The number of hydrogen-bond donors (Lipinski definition) is 1. The summed E-state index contributed by atoms with van der Waals surface area (Å²) in [5, 5.41) is 2.42. The van der Waals surface area contributed by atoms with E-state index in [9.17, 15) is 14.4 Å². The molecular formula is C19H34N3O4P. The first-order valence-electron chi connectivity index (χ1n) is 8.98. The first-order chi connectivity index (χ1) is 12.8. The minimum absolute atomic E-state index is 0.331. The van der Waals surface area contributed by atoms with E-state index in [0.29, 0.717) is 12.1 Å². The van der Waals surface area contributed by atoms with Gasteiger partial charge in [0.15, 0.2) is 0 Å². The van der Waals surface area contributed by atoms with Crippen LogP contribution < -0.4 is 10.2 Å². The van der Waals surface area contributed by atoms with Crippen molar-refractivity contribution in [2.45, 2.75) is 47.1 Å². The molecule has 0 aliphatic rings. The number of imide groups is 1. The molecule has 154 valence electrons. The normalized spacial score (nSPS) is 10.4. The number of likely N-dealkylation sites (N-methyl/N-ethyl adjacent to an activating group) is 1. The van der Waals surface area contributed by atoms with E-state index in [1.54, 1.807) is 36.0 Å². The van der Waals surface area contributed by atoms with Crippen LogP contribution in [0.3, 0.4) is 0 Å². The average Bonchev–Trinajstić information content (AvgIpc) is 2.69. The van der Waals surface area contributed by atoms with E-state index in [2.05, 4.69) is 14.7 Å². The Hall–Kier alpha value is -1.98. The molecule has 1 rings (SSSR count). The summed E-state index contributed by atoms with van der Waals surface area (Å²) in [4.78, 5) is 36.2. The summed E-state index contributed by atoms with van der Waals surface area (Å²) < 4.78 is 6.49. The summed E-state index contributed by atoms with van der Waals surface area (Å²) in [7, 11) is 7.02.